The van der Waals surface area contributed by atoms with Crippen molar-refractivity contribution in [1.29, 1.82) is 0 Å². The van der Waals surface area contributed by atoms with E-state index in [1.807, 2.05) is 0 Å². The van der Waals surface area contributed by atoms with Crippen LogP contribution in [-0.2, 0) is 4.79 Å². The summed E-state index contributed by atoms with van der Waals surface area (Å²) in [5, 5.41) is 2.87. The summed E-state index contributed by atoms with van der Waals surface area (Å²) in [5.41, 5.74) is 5.55. The third-order valence-electron chi connectivity index (χ3n) is 2.21. The first-order chi connectivity index (χ1) is 8.69. The maximum absolute atomic E-state index is 12.1. The molecule has 1 rings (SSSR count). The van der Waals surface area contributed by atoms with E-state index in [9.17, 15) is 18.0 Å². The number of nitrogens with two attached hydrogens (primary N) is 1. The molecule has 1 atom stereocenters. The summed E-state index contributed by atoms with van der Waals surface area (Å²) in [4.78, 5) is 11.3. The van der Waals surface area contributed by atoms with Crippen LogP contribution in [0.3, 0.4) is 0 Å². The summed E-state index contributed by atoms with van der Waals surface area (Å²) in [6.45, 7) is 3.60. The van der Waals surface area contributed by atoms with Gasteiger partial charge in [-0.3, -0.25) is 10.1 Å². The van der Waals surface area contributed by atoms with Gasteiger partial charge in [-0.2, -0.15) is 0 Å². The molecule has 0 saturated heterocycles. The SMILES string of the molecule is CC(C)NC(C(N)=O)c1cccc(OC(F)(F)F)c1. The Morgan fingerprint density at radius 1 is 1.37 bits per heavy atom. The molecule has 0 radical (unpaired) electrons. The van der Waals surface area contributed by atoms with E-state index in [1.54, 1.807) is 13.8 Å². The zero-order valence-corrected chi connectivity index (χ0v) is 10.5. The highest BCUT2D eigenvalue weighted by Crippen LogP contribution is 2.25. The van der Waals surface area contributed by atoms with Gasteiger partial charge in [0.15, 0.2) is 0 Å². The first-order valence-electron chi connectivity index (χ1n) is 5.60. The predicted molar refractivity (Wildman–Crippen MR) is 63.3 cm³/mol. The number of carbonyl (C=O) groups is 1. The lowest BCUT2D eigenvalue weighted by Crippen LogP contribution is -2.37. The molecule has 1 aromatic rings. The molecule has 0 aliphatic rings. The van der Waals surface area contributed by atoms with E-state index in [0.29, 0.717) is 5.56 Å². The average molecular weight is 276 g/mol. The molecule has 3 N–H and O–H groups in total. The standard InChI is InChI=1S/C12H15F3N2O2/c1-7(2)17-10(11(16)18)8-4-3-5-9(6-8)19-12(13,14)15/h3-7,10,17H,1-2H3,(H2,16,18). The van der Waals surface area contributed by atoms with Crippen LogP contribution in [0, 0.1) is 0 Å². The van der Waals surface area contributed by atoms with Gasteiger partial charge >= 0.3 is 6.36 Å². The topological polar surface area (TPSA) is 64.3 Å². The van der Waals surface area contributed by atoms with Gasteiger partial charge in [-0.25, -0.2) is 0 Å². The van der Waals surface area contributed by atoms with Crippen LogP contribution < -0.4 is 15.8 Å². The Morgan fingerprint density at radius 3 is 2.47 bits per heavy atom. The van der Waals surface area contributed by atoms with E-state index < -0.39 is 18.3 Å². The number of carbonyl (C=O) groups excluding carboxylic acids is 1. The van der Waals surface area contributed by atoms with E-state index >= 15 is 0 Å². The van der Waals surface area contributed by atoms with Gasteiger partial charge in [0.2, 0.25) is 5.91 Å². The van der Waals surface area contributed by atoms with Crippen LogP contribution in [0.1, 0.15) is 25.5 Å². The van der Waals surface area contributed by atoms with Gasteiger partial charge in [0.05, 0.1) is 0 Å². The molecular weight excluding hydrogens is 261 g/mol. The largest absolute Gasteiger partial charge is 0.573 e. The van der Waals surface area contributed by atoms with Crippen molar-refractivity contribution in [3.8, 4) is 5.75 Å². The molecule has 0 spiro atoms. The normalized spacial score (nSPS) is 13.4. The fraction of sp³-hybridized carbons (Fsp3) is 0.417. The molecule has 1 amide bonds. The van der Waals surface area contributed by atoms with Crippen molar-refractivity contribution < 1.29 is 22.7 Å². The second-order valence-electron chi connectivity index (χ2n) is 4.28. The molecule has 19 heavy (non-hydrogen) atoms. The highest BCUT2D eigenvalue weighted by atomic mass is 19.4. The Morgan fingerprint density at radius 2 is 2.00 bits per heavy atom. The number of halogens is 3. The Bertz CT molecular complexity index is 447. The number of rotatable bonds is 5. The summed E-state index contributed by atoms with van der Waals surface area (Å²) in [6, 6.07) is 4.26. The summed E-state index contributed by atoms with van der Waals surface area (Å²) < 4.78 is 40.1. The van der Waals surface area contributed by atoms with Crippen LogP contribution in [0.25, 0.3) is 0 Å². The van der Waals surface area contributed by atoms with Crippen molar-refractivity contribution in [2.24, 2.45) is 5.73 Å². The lowest BCUT2D eigenvalue weighted by Gasteiger charge is -2.19. The first kappa shape index (κ1) is 15.3. The zero-order chi connectivity index (χ0) is 14.6. The molecule has 106 valence electrons. The van der Waals surface area contributed by atoms with Crippen molar-refractivity contribution in [2.45, 2.75) is 32.3 Å². The molecular formula is C12H15F3N2O2. The van der Waals surface area contributed by atoms with E-state index in [4.69, 9.17) is 5.73 Å². The highest BCUT2D eigenvalue weighted by molar-refractivity contribution is 5.81. The molecule has 0 aromatic heterocycles. The molecule has 0 aliphatic heterocycles. The number of amides is 1. The lowest BCUT2D eigenvalue weighted by molar-refractivity contribution is -0.274. The molecule has 0 heterocycles. The van der Waals surface area contributed by atoms with Crippen molar-refractivity contribution in [3.05, 3.63) is 29.8 Å². The van der Waals surface area contributed by atoms with Crippen molar-refractivity contribution in [2.75, 3.05) is 0 Å². The summed E-state index contributed by atoms with van der Waals surface area (Å²) in [5.74, 6) is -1.06. The van der Waals surface area contributed by atoms with Crippen LogP contribution in [0.2, 0.25) is 0 Å². The number of hydrogen-bond acceptors (Lipinski definition) is 3. The van der Waals surface area contributed by atoms with E-state index in [-0.39, 0.29) is 11.8 Å². The maximum Gasteiger partial charge on any atom is 0.573 e. The van der Waals surface area contributed by atoms with Crippen LogP contribution >= 0.6 is 0 Å². The minimum absolute atomic E-state index is 0.0512. The van der Waals surface area contributed by atoms with Gasteiger partial charge in [-0.05, 0) is 31.5 Å². The Labute approximate surface area is 108 Å². The van der Waals surface area contributed by atoms with Crippen molar-refractivity contribution in [1.82, 2.24) is 5.32 Å². The van der Waals surface area contributed by atoms with E-state index in [0.717, 1.165) is 12.1 Å². The Hall–Kier alpha value is -1.76. The Balaban J connectivity index is 2.98. The van der Waals surface area contributed by atoms with Crippen molar-refractivity contribution in [3.63, 3.8) is 0 Å². The van der Waals surface area contributed by atoms with Crippen LogP contribution in [0.5, 0.6) is 5.75 Å². The summed E-state index contributed by atoms with van der Waals surface area (Å²) in [7, 11) is 0. The fourth-order valence-corrected chi connectivity index (χ4v) is 1.57. The monoisotopic (exact) mass is 276 g/mol. The molecule has 0 saturated carbocycles. The van der Waals surface area contributed by atoms with Gasteiger partial charge < -0.3 is 10.5 Å². The van der Waals surface area contributed by atoms with Gasteiger partial charge in [-0.1, -0.05) is 12.1 Å². The molecule has 7 heteroatoms. The molecule has 0 fully saturated rings. The smallest absolute Gasteiger partial charge is 0.406 e. The minimum atomic E-state index is -4.77. The lowest BCUT2D eigenvalue weighted by atomic mass is 10.1. The van der Waals surface area contributed by atoms with Crippen molar-refractivity contribution >= 4 is 5.91 Å². The third-order valence-corrected chi connectivity index (χ3v) is 2.21. The van der Waals surface area contributed by atoms with Gasteiger partial charge in [0.25, 0.3) is 0 Å². The fourth-order valence-electron chi connectivity index (χ4n) is 1.57. The van der Waals surface area contributed by atoms with Crippen LogP contribution in [0.15, 0.2) is 24.3 Å². The summed E-state index contributed by atoms with van der Waals surface area (Å²) in [6.07, 6.45) is -4.77. The number of hydrogen-bond donors (Lipinski definition) is 2. The minimum Gasteiger partial charge on any atom is -0.406 e. The number of nitrogens with one attached hydrogen (secondary N) is 1. The third kappa shape index (κ3) is 5.17. The second-order valence-corrected chi connectivity index (χ2v) is 4.28. The van der Waals surface area contributed by atoms with Crippen LogP contribution in [-0.4, -0.2) is 18.3 Å². The van der Waals surface area contributed by atoms with E-state index in [2.05, 4.69) is 10.1 Å². The molecule has 1 aromatic carbocycles. The first-order valence-corrected chi connectivity index (χ1v) is 5.60. The predicted octanol–water partition coefficient (Wildman–Crippen LogP) is 2.11. The maximum atomic E-state index is 12.1. The molecule has 4 nitrogen and oxygen atoms in total. The Kier molecular flexibility index (Phi) is 4.77. The van der Waals surface area contributed by atoms with Crippen LogP contribution in [0.4, 0.5) is 13.2 Å². The number of alkyl halides is 3. The molecule has 0 bridgehead atoms. The van der Waals surface area contributed by atoms with Gasteiger partial charge in [-0.15, -0.1) is 13.2 Å². The zero-order valence-electron chi connectivity index (χ0n) is 10.5. The van der Waals surface area contributed by atoms with Gasteiger partial charge in [0, 0.05) is 6.04 Å². The molecule has 0 aliphatic carbocycles. The highest BCUT2D eigenvalue weighted by Gasteiger charge is 2.31. The molecule has 1 unspecified atom stereocenters. The second kappa shape index (κ2) is 5.92. The average Bonchev–Trinajstić information content (AvgIpc) is 2.23. The number of benzene rings is 1. The number of primary amides is 1. The van der Waals surface area contributed by atoms with E-state index in [1.165, 1.54) is 12.1 Å². The quantitative estimate of drug-likeness (QED) is 0.865. The van der Waals surface area contributed by atoms with Gasteiger partial charge in [0.1, 0.15) is 11.8 Å². The summed E-state index contributed by atoms with van der Waals surface area (Å²) >= 11 is 0. The number of ether oxygens (including phenoxy) is 1.